The Balaban J connectivity index is 0.00000484. The van der Waals surface area contributed by atoms with Crippen LogP contribution in [0.5, 0.6) is 0 Å². The van der Waals surface area contributed by atoms with Gasteiger partial charge in [0.1, 0.15) is 0 Å². The number of hydrogen-bond donors (Lipinski definition) is 2. The zero-order valence-electron chi connectivity index (χ0n) is 14.2. The van der Waals surface area contributed by atoms with Crippen LogP contribution in [0.4, 0.5) is 5.69 Å². The molecular formula is C17H30IN3O2. The van der Waals surface area contributed by atoms with Crippen LogP contribution >= 0.6 is 24.0 Å². The van der Waals surface area contributed by atoms with Gasteiger partial charge in [-0.05, 0) is 30.5 Å². The molecule has 0 saturated carbocycles. The largest absolute Gasteiger partial charge is 0.379 e. The van der Waals surface area contributed by atoms with E-state index in [2.05, 4.69) is 36.3 Å². The molecule has 0 radical (unpaired) electrons. The van der Waals surface area contributed by atoms with Gasteiger partial charge in [-0.25, -0.2) is 0 Å². The second-order valence-electron chi connectivity index (χ2n) is 5.02. The minimum Gasteiger partial charge on any atom is -0.379 e. The first-order valence-electron chi connectivity index (χ1n) is 8.07. The van der Waals surface area contributed by atoms with Crippen LogP contribution in [0.3, 0.4) is 0 Å². The molecule has 0 bridgehead atoms. The smallest absolute Gasteiger partial charge is 0.193 e. The molecule has 0 aromatic heterocycles. The number of guanidine groups is 1. The van der Waals surface area contributed by atoms with Gasteiger partial charge in [-0.1, -0.05) is 32.4 Å². The van der Waals surface area contributed by atoms with Crippen LogP contribution in [0.15, 0.2) is 29.3 Å². The lowest BCUT2D eigenvalue weighted by molar-refractivity contribution is 0.0498. The molecule has 3 N–H and O–H groups in total. The van der Waals surface area contributed by atoms with Gasteiger partial charge in [0.25, 0.3) is 0 Å². The van der Waals surface area contributed by atoms with Crippen molar-refractivity contribution in [2.24, 2.45) is 10.7 Å². The van der Waals surface area contributed by atoms with E-state index in [4.69, 9.17) is 15.2 Å². The number of benzene rings is 1. The number of aryl methyl sites for hydroxylation is 1. The molecule has 0 heterocycles. The molecule has 0 unspecified atom stereocenters. The molecule has 1 aromatic rings. The van der Waals surface area contributed by atoms with E-state index in [1.165, 1.54) is 5.56 Å². The second kappa shape index (κ2) is 14.7. The minimum atomic E-state index is 0. The third kappa shape index (κ3) is 11.3. The number of ether oxygens (including phenoxy) is 2. The van der Waals surface area contributed by atoms with Crippen LogP contribution in [-0.2, 0) is 15.9 Å². The summed E-state index contributed by atoms with van der Waals surface area (Å²) in [6.45, 7) is 7.43. The van der Waals surface area contributed by atoms with E-state index in [0.717, 1.165) is 31.6 Å². The monoisotopic (exact) mass is 435 g/mol. The van der Waals surface area contributed by atoms with Gasteiger partial charge >= 0.3 is 0 Å². The predicted molar refractivity (Wildman–Crippen MR) is 108 cm³/mol. The Labute approximate surface area is 157 Å². The molecule has 0 saturated heterocycles. The third-order valence-corrected chi connectivity index (χ3v) is 3.17. The van der Waals surface area contributed by atoms with Crippen LogP contribution in [0.25, 0.3) is 0 Å². The normalized spacial score (nSPS) is 11.1. The zero-order valence-corrected chi connectivity index (χ0v) is 16.5. The molecule has 23 heavy (non-hydrogen) atoms. The van der Waals surface area contributed by atoms with Crippen LogP contribution in [-0.4, -0.2) is 38.9 Å². The van der Waals surface area contributed by atoms with E-state index in [1.807, 2.05) is 12.1 Å². The standard InChI is InChI=1S/C17H29N3O2.HI/c1-3-5-11-21-13-14-22-12-10-19-17(18)20-16-8-6-15(4-2)7-9-16;/h6-9H,3-5,10-14H2,1-2H3,(H3,18,19,20);1H. The van der Waals surface area contributed by atoms with E-state index in [1.54, 1.807) is 0 Å². The summed E-state index contributed by atoms with van der Waals surface area (Å²) in [4.78, 5) is 4.23. The topological polar surface area (TPSA) is 68.9 Å². The Kier molecular flexibility index (Phi) is 14.2. The van der Waals surface area contributed by atoms with Gasteiger partial charge in [0.2, 0.25) is 0 Å². The highest BCUT2D eigenvalue weighted by atomic mass is 127. The van der Waals surface area contributed by atoms with Crippen LogP contribution < -0.4 is 11.1 Å². The minimum absolute atomic E-state index is 0. The maximum atomic E-state index is 5.83. The summed E-state index contributed by atoms with van der Waals surface area (Å²) < 4.78 is 10.8. The van der Waals surface area contributed by atoms with Crippen molar-refractivity contribution in [2.75, 3.05) is 38.3 Å². The van der Waals surface area contributed by atoms with Gasteiger partial charge in [-0.15, -0.1) is 24.0 Å². The number of nitrogens with two attached hydrogens (primary N) is 1. The zero-order chi connectivity index (χ0) is 16.0. The maximum absolute atomic E-state index is 5.83. The highest BCUT2D eigenvalue weighted by Gasteiger charge is 1.96. The van der Waals surface area contributed by atoms with E-state index in [0.29, 0.717) is 32.3 Å². The van der Waals surface area contributed by atoms with Crippen molar-refractivity contribution in [1.82, 2.24) is 0 Å². The van der Waals surface area contributed by atoms with Gasteiger partial charge in [-0.2, -0.15) is 0 Å². The highest BCUT2D eigenvalue weighted by molar-refractivity contribution is 14.0. The summed E-state index contributed by atoms with van der Waals surface area (Å²) in [5, 5.41) is 3.07. The van der Waals surface area contributed by atoms with Gasteiger partial charge in [0.15, 0.2) is 5.96 Å². The number of rotatable bonds is 11. The molecule has 0 fully saturated rings. The number of nitrogens with zero attached hydrogens (tertiary/aromatic N) is 1. The van der Waals surface area contributed by atoms with Crippen molar-refractivity contribution in [1.29, 1.82) is 0 Å². The van der Waals surface area contributed by atoms with Crippen LogP contribution in [0.2, 0.25) is 0 Å². The molecular weight excluding hydrogens is 405 g/mol. The third-order valence-electron chi connectivity index (χ3n) is 3.17. The first kappa shape index (κ1) is 22.1. The lowest BCUT2D eigenvalue weighted by atomic mass is 10.1. The Hall–Kier alpha value is -0.860. The van der Waals surface area contributed by atoms with E-state index < -0.39 is 0 Å². The van der Waals surface area contributed by atoms with Crippen molar-refractivity contribution < 1.29 is 9.47 Å². The van der Waals surface area contributed by atoms with Crippen LogP contribution in [0.1, 0.15) is 32.3 Å². The van der Waals surface area contributed by atoms with Crippen LogP contribution in [0, 0.1) is 0 Å². The summed E-state index contributed by atoms with van der Waals surface area (Å²) >= 11 is 0. The molecule has 6 heteroatoms. The quantitative estimate of drug-likeness (QED) is 0.242. The van der Waals surface area contributed by atoms with Gasteiger partial charge in [-0.3, -0.25) is 4.99 Å². The van der Waals surface area contributed by atoms with Crippen molar-refractivity contribution >= 4 is 35.6 Å². The van der Waals surface area contributed by atoms with E-state index in [9.17, 15) is 0 Å². The summed E-state index contributed by atoms with van der Waals surface area (Å²) in [5.74, 6) is 0.409. The maximum Gasteiger partial charge on any atom is 0.193 e. The molecule has 0 aliphatic carbocycles. The lowest BCUT2D eigenvalue weighted by Gasteiger charge is -2.07. The molecule has 0 aliphatic rings. The number of anilines is 1. The van der Waals surface area contributed by atoms with E-state index >= 15 is 0 Å². The fourth-order valence-corrected chi connectivity index (χ4v) is 1.81. The molecule has 0 amide bonds. The second-order valence-corrected chi connectivity index (χ2v) is 5.02. The SMILES string of the molecule is CCCCOCCOCCN=C(N)Nc1ccc(CC)cc1.I. The fourth-order valence-electron chi connectivity index (χ4n) is 1.81. The molecule has 0 atom stereocenters. The predicted octanol–water partition coefficient (Wildman–Crippen LogP) is 3.43. The van der Waals surface area contributed by atoms with Gasteiger partial charge in [0, 0.05) is 12.3 Å². The summed E-state index contributed by atoms with van der Waals surface area (Å²) in [6.07, 6.45) is 3.29. The number of unbranched alkanes of at least 4 members (excludes halogenated alkanes) is 1. The van der Waals surface area contributed by atoms with Gasteiger partial charge < -0.3 is 20.5 Å². The van der Waals surface area contributed by atoms with Crippen molar-refractivity contribution in [3.8, 4) is 0 Å². The average molecular weight is 435 g/mol. The summed E-state index contributed by atoms with van der Waals surface area (Å²) in [6, 6.07) is 8.17. The Bertz CT molecular complexity index is 424. The number of halogens is 1. The molecule has 132 valence electrons. The van der Waals surface area contributed by atoms with E-state index in [-0.39, 0.29) is 24.0 Å². The number of hydrogen-bond acceptors (Lipinski definition) is 3. The lowest BCUT2D eigenvalue weighted by Crippen LogP contribution is -2.23. The Morgan fingerprint density at radius 1 is 1.04 bits per heavy atom. The van der Waals surface area contributed by atoms with Crippen molar-refractivity contribution in [3.63, 3.8) is 0 Å². The fraction of sp³-hybridized carbons (Fsp3) is 0.588. The number of aliphatic imine (C=N–C) groups is 1. The summed E-state index contributed by atoms with van der Waals surface area (Å²) in [7, 11) is 0. The Morgan fingerprint density at radius 2 is 1.70 bits per heavy atom. The van der Waals surface area contributed by atoms with Crippen molar-refractivity contribution in [2.45, 2.75) is 33.1 Å². The molecule has 0 spiro atoms. The van der Waals surface area contributed by atoms with Gasteiger partial charge in [0.05, 0.1) is 26.4 Å². The first-order valence-corrected chi connectivity index (χ1v) is 8.07. The summed E-state index contributed by atoms with van der Waals surface area (Å²) in [5.41, 5.74) is 8.08. The molecule has 1 rings (SSSR count). The average Bonchev–Trinajstić information content (AvgIpc) is 2.54. The first-order chi connectivity index (χ1) is 10.8. The Morgan fingerprint density at radius 3 is 2.30 bits per heavy atom. The highest BCUT2D eigenvalue weighted by Crippen LogP contribution is 2.09. The van der Waals surface area contributed by atoms with Crippen molar-refractivity contribution in [3.05, 3.63) is 29.8 Å². The number of nitrogens with one attached hydrogen (secondary N) is 1. The molecule has 5 nitrogen and oxygen atoms in total. The molecule has 1 aromatic carbocycles. The molecule has 0 aliphatic heterocycles.